The van der Waals surface area contributed by atoms with Gasteiger partial charge in [0, 0.05) is 28.0 Å². The van der Waals surface area contributed by atoms with Crippen LogP contribution in [0.1, 0.15) is 22.8 Å². The lowest BCUT2D eigenvalue weighted by Gasteiger charge is -2.00. The number of nitrogens with zero attached hydrogens (tertiary/aromatic N) is 2. The van der Waals surface area contributed by atoms with Crippen molar-refractivity contribution < 1.29 is 0 Å². The molecule has 6 heteroatoms. The molecule has 0 aliphatic heterocycles. The predicted molar refractivity (Wildman–Crippen MR) is 92.0 cm³/mol. The molecule has 1 heterocycles. The van der Waals surface area contributed by atoms with Crippen molar-refractivity contribution in [3.8, 4) is 0 Å². The quantitative estimate of drug-likeness (QED) is 0.676. The molecule has 0 amide bonds. The molecule has 0 saturated carbocycles. The molecule has 2 aromatic carbocycles. The number of aromatic nitrogens is 3. The third kappa shape index (κ3) is 3.87. The van der Waals surface area contributed by atoms with Gasteiger partial charge in [-0.3, -0.25) is 5.10 Å². The van der Waals surface area contributed by atoms with Gasteiger partial charge in [0.1, 0.15) is 5.82 Å². The highest BCUT2D eigenvalue weighted by Crippen LogP contribution is 2.21. The minimum atomic E-state index is 0.661. The van der Waals surface area contributed by atoms with Crippen LogP contribution in [0.3, 0.4) is 0 Å². The average Bonchev–Trinajstić information content (AvgIpc) is 2.87. The van der Waals surface area contributed by atoms with E-state index >= 15 is 0 Å². The highest BCUT2D eigenvalue weighted by molar-refractivity contribution is 9.10. The summed E-state index contributed by atoms with van der Waals surface area (Å²) in [5.41, 5.74) is 8.65. The Morgan fingerprint density at radius 2 is 1.82 bits per heavy atom. The maximum Gasteiger partial charge on any atom is 0.155 e. The van der Waals surface area contributed by atoms with E-state index in [0.29, 0.717) is 17.9 Å². The molecule has 3 rings (SSSR count). The van der Waals surface area contributed by atoms with Crippen LogP contribution in [0.5, 0.6) is 0 Å². The summed E-state index contributed by atoms with van der Waals surface area (Å²) in [6.07, 6.45) is 1.34. The van der Waals surface area contributed by atoms with Crippen LogP contribution in [-0.2, 0) is 12.8 Å². The average molecular weight is 378 g/mol. The predicted octanol–water partition coefficient (Wildman–Crippen LogP) is 3.98. The number of aromatic amines is 1. The van der Waals surface area contributed by atoms with Crippen molar-refractivity contribution in [2.45, 2.75) is 12.8 Å². The molecule has 3 N–H and O–H groups in total. The van der Waals surface area contributed by atoms with Gasteiger partial charge in [0.15, 0.2) is 5.82 Å². The van der Waals surface area contributed by atoms with Crippen LogP contribution in [0.25, 0.3) is 0 Å². The zero-order valence-corrected chi connectivity index (χ0v) is 14.0. The van der Waals surface area contributed by atoms with Gasteiger partial charge in [-0.1, -0.05) is 39.7 Å². The summed E-state index contributed by atoms with van der Waals surface area (Å²) in [6.45, 7) is 0. The van der Waals surface area contributed by atoms with Crippen LogP contribution >= 0.6 is 27.5 Å². The number of nitrogen functional groups attached to an aromatic ring is 1. The van der Waals surface area contributed by atoms with Gasteiger partial charge >= 0.3 is 0 Å². The minimum Gasteiger partial charge on any atom is -0.399 e. The van der Waals surface area contributed by atoms with Crippen molar-refractivity contribution in [3.63, 3.8) is 0 Å². The third-order valence-corrected chi connectivity index (χ3v) is 3.89. The molecule has 0 aliphatic rings. The van der Waals surface area contributed by atoms with E-state index in [-0.39, 0.29) is 0 Å². The fourth-order valence-corrected chi connectivity index (χ4v) is 3.15. The summed E-state index contributed by atoms with van der Waals surface area (Å²) in [6, 6.07) is 13.5. The van der Waals surface area contributed by atoms with Gasteiger partial charge in [-0.05, 0) is 41.5 Å². The van der Waals surface area contributed by atoms with Crippen molar-refractivity contribution >= 4 is 33.2 Å². The monoisotopic (exact) mass is 376 g/mol. The topological polar surface area (TPSA) is 67.6 Å². The standard InChI is InChI=1S/C16H14BrClN4/c17-12-5-11(6-13(18)9-12)8-16-20-15(21-22-16)7-10-1-3-14(19)4-2-10/h1-6,9H,7-8,19H2,(H,20,21,22). The van der Waals surface area contributed by atoms with E-state index in [1.807, 2.05) is 42.5 Å². The van der Waals surface area contributed by atoms with Gasteiger partial charge < -0.3 is 5.73 Å². The number of halogens is 2. The second-order valence-electron chi connectivity index (χ2n) is 5.07. The summed E-state index contributed by atoms with van der Waals surface area (Å²) in [4.78, 5) is 4.53. The second kappa shape index (κ2) is 6.50. The van der Waals surface area contributed by atoms with E-state index in [0.717, 1.165) is 32.9 Å². The first kappa shape index (κ1) is 15.1. The summed E-state index contributed by atoms with van der Waals surface area (Å²) >= 11 is 9.50. The molecule has 1 aromatic heterocycles. The molecule has 0 unspecified atom stereocenters. The number of nitrogens with two attached hydrogens (primary N) is 1. The highest BCUT2D eigenvalue weighted by Gasteiger charge is 2.07. The van der Waals surface area contributed by atoms with Crippen LogP contribution in [-0.4, -0.2) is 15.2 Å². The van der Waals surface area contributed by atoms with Crippen LogP contribution in [0.4, 0.5) is 5.69 Å². The molecule has 0 radical (unpaired) electrons. The molecule has 112 valence electrons. The van der Waals surface area contributed by atoms with Crippen molar-refractivity contribution in [2.24, 2.45) is 0 Å². The van der Waals surface area contributed by atoms with Crippen LogP contribution in [0.15, 0.2) is 46.9 Å². The third-order valence-electron chi connectivity index (χ3n) is 3.21. The summed E-state index contributed by atoms with van der Waals surface area (Å²) in [7, 11) is 0. The van der Waals surface area contributed by atoms with E-state index in [2.05, 4.69) is 31.1 Å². The first-order valence-corrected chi connectivity index (χ1v) is 7.95. The Morgan fingerprint density at radius 1 is 1.05 bits per heavy atom. The molecular formula is C16H14BrClN4. The minimum absolute atomic E-state index is 0.661. The molecular weight excluding hydrogens is 364 g/mol. The maximum absolute atomic E-state index is 6.06. The maximum atomic E-state index is 6.06. The molecule has 22 heavy (non-hydrogen) atoms. The van der Waals surface area contributed by atoms with Gasteiger partial charge in [-0.15, -0.1) is 0 Å². The number of anilines is 1. The van der Waals surface area contributed by atoms with Gasteiger partial charge in [0.2, 0.25) is 0 Å². The Hall–Kier alpha value is -1.85. The lowest BCUT2D eigenvalue weighted by molar-refractivity contribution is 0.958. The molecule has 4 nitrogen and oxygen atoms in total. The van der Waals surface area contributed by atoms with Crippen molar-refractivity contribution in [2.75, 3.05) is 5.73 Å². The zero-order valence-electron chi connectivity index (χ0n) is 11.7. The Kier molecular flexibility index (Phi) is 4.45. The lowest BCUT2D eigenvalue weighted by Crippen LogP contribution is -1.93. The number of hydrogen-bond donors (Lipinski definition) is 2. The molecule has 0 fully saturated rings. The van der Waals surface area contributed by atoms with Gasteiger partial charge in [-0.2, -0.15) is 5.10 Å². The largest absolute Gasteiger partial charge is 0.399 e. The Labute approximate surface area is 141 Å². The SMILES string of the molecule is Nc1ccc(Cc2n[nH]c(Cc3cc(Cl)cc(Br)c3)n2)cc1. The first-order valence-electron chi connectivity index (χ1n) is 6.78. The fourth-order valence-electron chi connectivity index (χ4n) is 2.22. The van der Waals surface area contributed by atoms with Crippen molar-refractivity contribution in [1.29, 1.82) is 0 Å². The number of nitrogens with one attached hydrogen (secondary N) is 1. The van der Waals surface area contributed by atoms with Crippen molar-refractivity contribution in [3.05, 3.63) is 74.7 Å². The molecule has 3 aromatic rings. The number of H-pyrrole nitrogens is 1. The zero-order chi connectivity index (χ0) is 15.5. The normalized spacial score (nSPS) is 10.8. The Morgan fingerprint density at radius 3 is 2.55 bits per heavy atom. The van der Waals surface area contributed by atoms with Gasteiger partial charge in [0.05, 0.1) is 0 Å². The van der Waals surface area contributed by atoms with E-state index in [4.69, 9.17) is 17.3 Å². The molecule has 0 atom stereocenters. The lowest BCUT2D eigenvalue weighted by atomic mass is 10.1. The smallest absolute Gasteiger partial charge is 0.155 e. The van der Waals surface area contributed by atoms with Crippen LogP contribution < -0.4 is 5.73 Å². The number of hydrogen-bond acceptors (Lipinski definition) is 3. The van der Waals surface area contributed by atoms with Crippen LogP contribution in [0, 0.1) is 0 Å². The molecule has 0 bridgehead atoms. The Bertz CT molecular complexity index is 763. The summed E-state index contributed by atoms with van der Waals surface area (Å²) in [5, 5.41) is 7.94. The van der Waals surface area contributed by atoms with Gasteiger partial charge in [0.25, 0.3) is 0 Å². The van der Waals surface area contributed by atoms with Crippen molar-refractivity contribution in [1.82, 2.24) is 15.2 Å². The van der Waals surface area contributed by atoms with E-state index in [1.54, 1.807) is 0 Å². The first-order chi connectivity index (χ1) is 10.6. The number of benzene rings is 2. The molecule has 0 spiro atoms. The van der Waals surface area contributed by atoms with E-state index < -0.39 is 0 Å². The fraction of sp³-hybridized carbons (Fsp3) is 0.125. The number of rotatable bonds is 4. The second-order valence-corrected chi connectivity index (χ2v) is 6.42. The van der Waals surface area contributed by atoms with Gasteiger partial charge in [-0.25, -0.2) is 4.98 Å². The summed E-state index contributed by atoms with van der Waals surface area (Å²) < 4.78 is 0.955. The van der Waals surface area contributed by atoms with E-state index in [9.17, 15) is 0 Å². The molecule has 0 saturated heterocycles. The Balaban J connectivity index is 1.72. The van der Waals surface area contributed by atoms with E-state index in [1.165, 1.54) is 0 Å². The highest BCUT2D eigenvalue weighted by atomic mass is 79.9. The summed E-state index contributed by atoms with van der Waals surface area (Å²) in [5.74, 6) is 1.58. The molecule has 0 aliphatic carbocycles. The van der Waals surface area contributed by atoms with Crippen LogP contribution in [0.2, 0.25) is 5.02 Å².